The molecule has 0 saturated carbocycles. The van der Waals surface area contributed by atoms with Gasteiger partial charge in [0.05, 0.1) is 0 Å². The van der Waals surface area contributed by atoms with E-state index >= 15 is 0 Å². The Labute approximate surface area is 172 Å². The van der Waals surface area contributed by atoms with Crippen LogP contribution in [0.3, 0.4) is 0 Å². The summed E-state index contributed by atoms with van der Waals surface area (Å²) in [6.45, 7) is 2.43. The van der Waals surface area contributed by atoms with Crippen LogP contribution in [0.15, 0.2) is 71.3 Å². The minimum Gasteiger partial charge on any atom is -0.489 e. The highest BCUT2D eigenvalue weighted by Crippen LogP contribution is 2.24. The Balaban J connectivity index is 1.50. The number of nitrogens with one attached hydrogen (secondary N) is 1. The molecule has 140 valence electrons. The Bertz CT molecular complexity index is 845. The van der Waals surface area contributed by atoms with E-state index in [0.29, 0.717) is 32.2 Å². The highest BCUT2D eigenvalue weighted by molar-refractivity contribution is 9.10. The van der Waals surface area contributed by atoms with E-state index in [1.54, 1.807) is 6.20 Å². The van der Waals surface area contributed by atoms with Crippen molar-refractivity contribution in [2.24, 2.45) is 0 Å². The van der Waals surface area contributed by atoms with E-state index in [1.165, 1.54) is 0 Å². The summed E-state index contributed by atoms with van der Waals surface area (Å²) in [6.07, 6.45) is 1.72. The van der Waals surface area contributed by atoms with Gasteiger partial charge in [-0.25, -0.2) is 4.98 Å². The number of rotatable bonds is 9. The van der Waals surface area contributed by atoms with Crippen molar-refractivity contribution in [3.63, 3.8) is 0 Å². The van der Waals surface area contributed by atoms with Crippen molar-refractivity contribution in [2.75, 3.05) is 13.2 Å². The van der Waals surface area contributed by atoms with E-state index < -0.39 is 0 Å². The molecular formula is C21H20BrClN2O2. The minimum atomic E-state index is 0.495. The van der Waals surface area contributed by atoms with Crippen LogP contribution < -0.4 is 14.8 Å². The van der Waals surface area contributed by atoms with Gasteiger partial charge in [0.15, 0.2) is 0 Å². The maximum Gasteiger partial charge on any atom is 0.213 e. The van der Waals surface area contributed by atoms with Crippen LogP contribution in [0.2, 0.25) is 5.02 Å². The van der Waals surface area contributed by atoms with Crippen LogP contribution in [-0.2, 0) is 13.2 Å². The number of halogens is 2. The van der Waals surface area contributed by atoms with Crippen molar-refractivity contribution in [1.82, 2.24) is 10.3 Å². The van der Waals surface area contributed by atoms with Gasteiger partial charge in [0.1, 0.15) is 19.0 Å². The Morgan fingerprint density at radius 3 is 2.63 bits per heavy atom. The van der Waals surface area contributed by atoms with E-state index in [9.17, 15) is 0 Å². The number of aromatic nitrogens is 1. The van der Waals surface area contributed by atoms with Crippen molar-refractivity contribution in [3.05, 3.63) is 87.5 Å². The molecule has 4 nitrogen and oxygen atoms in total. The molecule has 0 aliphatic carbocycles. The summed E-state index contributed by atoms with van der Waals surface area (Å²) in [5.41, 5.74) is 2.15. The highest BCUT2D eigenvalue weighted by Gasteiger charge is 2.06. The van der Waals surface area contributed by atoms with Gasteiger partial charge in [-0.2, -0.15) is 0 Å². The van der Waals surface area contributed by atoms with E-state index in [0.717, 1.165) is 26.4 Å². The maximum atomic E-state index is 6.00. The van der Waals surface area contributed by atoms with Gasteiger partial charge in [-0.1, -0.05) is 45.7 Å². The van der Waals surface area contributed by atoms with E-state index in [1.807, 2.05) is 54.6 Å². The van der Waals surface area contributed by atoms with Gasteiger partial charge in [0.25, 0.3) is 0 Å². The first-order chi connectivity index (χ1) is 13.2. The molecular weight excluding hydrogens is 428 g/mol. The molecule has 0 atom stereocenters. The second-order valence-electron chi connectivity index (χ2n) is 5.86. The summed E-state index contributed by atoms with van der Waals surface area (Å²) in [5.74, 6) is 1.49. The third-order valence-electron chi connectivity index (χ3n) is 3.81. The predicted octanol–water partition coefficient (Wildman–Crippen LogP) is 5.25. The lowest BCUT2D eigenvalue weighted by atomic mass is 10.2. The van der Waals surface area contributed by atoms with Crippen LogP contribution in [0.5, 0.6) is 11.6 Å². The molecule has 0 aliphatic heterocycles. The molecule has 6 heteroatoms. The van der Waals surface area contributed by atoms with Gasteiger partial charge < -0.3 is 14.8 Å². The first kappa shape index (κ1) is 19.7. The molecule has 0 amide bonds. The summed E-state index contributed by atoms with van der Waals surface area (Å²) in [5, 5.41) is 4.10. The average Bonchev–Trinajstić information content (AvgIpc) is 2.69. The standard InChI is InChI=1S/C21H20BrClN2O2/c22-18-6-9-20(27-15-16-4-7-19(23)8-5-16)17(13-18)14-24-11-12-26-21-3-1-2-10-25-21/h1-10,13,24H,11-12,14-15H2. The molecule has 3 aromatic rings. The van der Waals surface area contributed by atoms with E-state index in [2.05, 4.69) is 32.3 Å². The van der Waals surface area contributed by atoms with Crippen LogP contribution in [0.4, 0.5) is 0 Å². The largest absolute Gasteiger partial charge is 0.489 e. The van der Waals surface area contributed by atoms with Crippen molar-refractivity contribution in [1.29, 1.82) is 0 Å². The van der Waals surface area contributed by atoms with Gasteiger partial charge in [-0.3, -0.25) is 0 Å². The normalized spacial score (nSPS) is 10.6. The second kappa shape index (κ2) is 10.3. The Morgan fingerprint density at radius 1 is 1.00 bits per heavy atom. The number of nitrogens with zero attached hydrogens (tertiary/aromatic N) is 1. The number of benzene rings is 2. The maximum absolute atomic E-state index is 6.00. The monoisotopic (exact) mass is 446 g/mol. The zero-order chi connectivity index (χ0) is 18.9. The van der Waals surface area contributed by atoms with Crippen molar-refractivity contribution < 1.29 is 9.47 Å². The molecule has 1 aromatic heterocycles. The lowest BCUT2D eigenvalue weighted by Gasteiger charge is -2.13. The Morgan fingerprint density at radius 2 is 1.85 bits per heavy atom. The van der Waals surface area contributed by atoms with Crippen LogP contribution >= 0.6 is 27.5 Å². The molecule has 0 aliphatic rings. The van der Waals surface area contributed by atoms with Crippen LogP contribution in [0.25, 0.3) is 0 Å². The average molecular weight is 448 g/mol. The van der Waals surface area contributed by atoms with Gasteiger partial charge in [-0.05, 0) is 42.0 Å². The summed E-state index contributed by atoms with van der Waals surface area (Å²) >= 11 is 9.45. The first-order valence-corrected chi connectivity index (χ1v) is 9.78. The fraction of sp³-hybridized carbons (Fsp3) is 0.190. The number of ether oxygens (including phenoxy) is 2. The summed E-state index contributed by atoms with van der Waals surface area (Å²) < 4.78 is 12.6. The molecule has 3 rings (SSSR count). The molecule has 0 radical (unpaired) electrons. The summed E-state index contributed by atoms with van der Waals surface area (Å²) in [7, 11) is 0. The summed E-state index contributed by atoms with van der Waals surface area (Å²) in [6, 6.07) is 19.3. The number of hydrogen-bond acceptors (Lipinski definition) is 4. The van der Waals surface area contributed by atoms with Crippen LogP contribution in [0, 0.1) is 0 Å². The smallest absolute Gasteiger partial charge is 0.213 e. The number of pyridine rings is 1. The van der Waals surface area contributed by atoms with Crippen molar-refractivity contribution in [3.8, 4) is 11.6 Å². The van der Waals surface area contributed by atoms with E-state index in [-0.39, 0.29) is 0 Å². The topological polar surface area (TPSA) is 43.4 Å². The lowest BCUT2D eigenvalue weighted by Crippen LogP contribution is -2.21. The molecule has 0 saturated heterocycles. The van der Waals surface area contributed by atoms with Gasteiger partial charge in [0, 0.05) is 40.4 Å². The molecule has 0 unspecified atom stereocenters. The molecule has 1 heterocycles. The lowest BCUT2D eigenvalue weighted by molar-refractivity contribution is 0.295. The number of hydrogen-bond donors (Lipinski definition) is 1. The molecule has 2 aromatic carbocycles. The van der Waals surface area contributed by atoms with Crippen LogP contribution in [0.1, 0.15) is 11.1 Å². The van der Waals surface area contributed by atoms with Crippen molar-refractivity contribution >= 4 is 27.5 Å². The Kier molecular flexibility index (Phi) is 7.51. The molecule has 0 spiro atoms. The van der Waals surface area contributed by atoms with Gasteiger partial charge >= 0.3 is 0 Å². The third kappa shape index (κ3) is 6.54. The fourth-order valence-corrected chi connectivity index (χ4v) is 2.99. The molecule has 0 bridgehead atoms. The van der Waals surface area contributed by atoms with Gasteiger partial charge in [-0.15, -0.1) is 0 Å². The van der Waals surface area contributed by atoms with E-state index in [4.69, 9.17) is 21.1 Å². The first-order valence-electron chi connectivity index (χ1n) is 8.61. The van der Waals surface area contributed by atoms with Gasteiger partial charge in [0.2, 0.25) is 5.88 Å². The third-order valence-corrected chi connectivity index (χ3v) is 4.56. The fourth-order valence-electron chi connectivity index (χ4n) is 2.45. The molecule has 1 N–H and O–H groups in total. The van der Waals surface area contributed by atoms with Crippen LogP contribution in [-0.4, -0.2) is 18.1 Å². The zero-order valence-electron chi connectivity index (χ0n) is 14.7. The quantitative estimate of drug-likeness (QED) is 0.455. The van der Waals surface area contributed by atoms with Crippen molar-refractivity contribution in [2.45, 2.75) is 13.2 Å². The SMILES string of the molecule is Clc1ccc(COc2ccc(Br)cc2CNCCOc2ccccn2)cc1. The summed E-state index contributed by atoms with van der Waals surface area (Å²) in [4.78, 5) is 4.13. The molecule has 0 fully saturated rings. The second-order valence-corrected chi connectivity index (χ2v) is 7.21. The highest BCUT2D eigenvalue weighted by atomic mass is 79.9. The molecule has 27 heavy (non-hydrogen) atoms. The Hall–Kier alpha value is -2.08. The predicted molar refractivity (Wildman–Crippen MR) is 111 cm³/mol. The zero-order valence-corrected chi connectivity index (χ0v) is 17.0. The minimum absolute atomic E-state index is 0.495.